The number of hydrogen-bond donors (Lipinski definition) is 0. The monoisotopic (exact) mass is 523 g/mol. The Morgan fingerprint density at radius 3 is 1.24 bits per heavy atom. The van der Waals surface area contributed by atoms with E-state index in [-0.39, 0.29) is 5.97 Å². The van der Waals surface area contributed by atoms with E-state index < -0.39 is 0 Å². The first-order valence-corrected chi connectivity index (χ1v) is 17.3. The minimum absolute atomic E-state index is 0.0662. The second-order valence-electron chi connectivity index (χ2n) is 12.5. The van der Waals surface area contributed by atoms with Gasteiger partial charge in [-0.05, 0) is 31.1 Å². The van der Waals surface area contributed by atoms with Gasteiger partial charge in [-0.25, -0.2) is 0 Å². The highest BCUT2D eigenvalue weighted by Gasteiger charge is 2.15. The normalized spacial score (nSPS) is 12.4. The van der Waals surface area contributed by atoms with E-state index in [0.29, 0.717) is 18.9 Å². The summed E-state index contributed by atoms with van der Waals surface area (Å²) in [5.74, 6) is 1.43. The van der Waals surface area contributed by atoms with E-state index in [4.69, 9.17) is 4.74 Å². The zero-order chi connectivity index (χ0) is 27.2. The molecule has 0 heterocycles. The lowest BCUT2D eigenvalue weighted by molar-refractivity contribution is -0.145. The fourth-order valence-corrected chi connectivity index (χ4v) is 5.50. The van der Waals surface area contributed by atoms with Crippen LogP contribution in [-0.4, -0.2) is 12.6 Å². The lowest BCUT2D eigenvalue weighted by Crippen LogP contribution is -2.13. The first-order valence-electron chi connectivity index (χ1n) is 17.3. The molecule has 0 spiro atoms. The molecular weight excluding hydrogens is 452 g/mol. The predicted octanol–water partition coefficient (Wildman–Crippen LogP) is 12.4. The van der Waals surface area contributed by atoms with Gasteiger partial charge in [0, 0.05) is 6.42 Å². The van der Waals surface area contributed by atoms with Crippen molar-refractivity contribution in [2.75, 3.05) is 6.61 Å². The summed E-state index contributed by atoms with van der Waals surface area (Å²) in [6, 6.07) is 0. The van der Waals surface area contributed by atoms with Crippen LogP contribution >= 0.6 is 0 Å². The topological polar surface area (TPSA) is 26.3 Å². The van der Waals surface area contributed by atoms with Gasteiger partial charge in [0.2, 0.25) is 0 Å². The van der Waals surface area contributed by atoms with E-state index in [2.05, 4.69) is 27.7 Å². The van der Waals surface area contributed by atoms with Crippen LogP contribution in [0.4, 0.5) is 0 Å². The second kappa shape index (κ2) is 30.0. The van der Waals surface area contributed by atoms with Crippen LogP contribution in [0, 0.1) is 11.8 Å². The molecule has 0 saturated heterocycles. The van der Waals surface area contributed by atoms with Gasteiger partial charge < -0.3 is 4.74 Å². The molecule has 0 N–H and O–H groups in total. The molecule has 0 aliphatic heterocycles. The molecule has 2 heteroatoms. The Morgan fingerprint density at radius 2 is 0.838 bits per heavy atom. The quantitative estimate of drug-likeness (QED) is 0.0692. The van der Waals surface area contributed by atoms with Crippen LogP contribution in [0.1, 0.15) is 201 Å². The third-order valence-corrected chi connectivity index (χ3v) is 8.08. The van der Waals surface area contributed by atoms with Gasteiger partial charge in [0.15, 0.2) is 0 Å². The van der Waals surface area contributed by atoms with Gasteiger partial charge in [0.05, 0.1) is 6.61 Å². The first-order chi connectivity index (χ1) is 18.1. The number of rotatable bonds is 30. The van der Waals surface area contributed by atoms with Crippen LogP contribution in [-0.2, 0) is 9.53 Å². The standard InChI is InChI=1S/C35H70O2/c1-5-7-9-11-13-15-16-18-22-26-30-34(29-25-21-17-14-12-10-8-6-2)32-35(36)37-31-27-23-19-20-24-28-33(3)4/h33-34H,5-32H2,1-4H3. The molecule has 0 aromatic heterocycles. The number of hydrogen-bond acceptors (Lipinski definition) is 2. The molecule has 1 unspecified atom stereocenters. The zero-order valence-electron chi connectivity index (χ0n) is 26.3. The number of unbranched alkanes of at least 4 members (excludes halogenated alkanes) is 20. The Bertz CT molecular complexity index is 445. The molecule has 37 heavy (non-hydrogen) atoms. The smallest absolute Gasteiger partial charge is 0.306 e. The SMILES string of the molecule is CCCCCCCCCCCCC(CCCCCCCCCC)CC(=O)OCCCCCCCC(C)C. The molecule has 0 bridgehead atoms. The van der Waals surface area contributed by atoms with E-state index in [1.54, 1.807) is 0 Å². The van der Waals surface area contributed by atoms with Crippen LogP contribution in [0.5, 0.6) is 0 Å². The van der Waals surface area contributed by atoms with Crippen LogP contribution in [0.25, 0.3) is 0 Å². The maximum atomic E-state index is 12.6. The third-order valence-electron chi connectivity index (χ3n) is 8.08. The van der Waals surface area contributed by atoms with E-state index >= 15 is 0 Å². The van der Waals surface area contributed by atoms with Crippen molar-refractivity contribution in [3.63, 3.8) is 0 Å². The summed E-state index contributed by atoms with van der Waals surface area (Å²) in [5.41, 5.74) is 0. The molecule has 0 aromatic carbocycles. The van der Waals surface area contributed by atoms with Gasteiger partial charge >= 0.3 is 5.97 Å². The highest BCUT2D eigenvalue weighted by molar-refractivity contribution is 5.69. The Hall–Kier alpha value is -0.530. The maximum absolute atomic E-state index is 12.6. The summed E-state index contributed by atoms with van der Waals surface area (Å²) in [7, 11) is 0. The molecule has 0 saturated carbocycles. The Kier molecular flexibility index (Phi) is 29.6. The van der Waals surface area contributed by atoms with Gasteiger partial charge in [-0.1, -0.05) is 175 Å². The highest BCUT2D eigenvalue weighted by Crippen LogP contribution is 2.23. The lowest BCUT2D eigenvalue weighted by atomic mass is 9.91. The van der Waals surface area contributed by atoms with Gasteiger partial charge in [-0.15, -0.1) is 0 Å². The van der Waals surface area contributed by atoms with E-state index in [1.165, 1.54) is 161 Å². The minimum atomic E-state index is 0.0662. The minimum Gasteiger partial charge on any atom is -0.466 e. The van der Waals surface area contributed by atoms with Crippen molar-refractivity contribution in [1.29, 1.82) is 0 Å². The maximum Gasteiger partial charge on any atom is 0.306 e. The molecule has 0 rings (SSSR count). The molecule has 0 fully saturated rings. The predicted molar refractivity (Wildman–Crippen MR) is 165 cm³/mol. The highest BCUT2D eigenvalue weighted by atomic mass is 16.5. The molecule has 1 atom stereocenters. The van der Waals surface area contributed by atoms with E-state index in [0.717, 1.165) is 12.3 Å². The molecular formula is C35H70O2. The van der Waals surface area contributed by atoms with E-state index in [1.807, 2.05) is 0 Å². The number of carbonyl (C=O) groups is 1. The number of ether oxygens (including phenoxy) is 1. The summed E-state index contributed by atoms with van der Waals surface area (Å²) >= 11 is 0. The molecule has 0 aliphatic carbocycles. The van der Waals surface area contributed by atoms with Gasteiger partial charge in [0.25, 0.3) is 0 Å². The molecule has 0 radical (unpaired) electrons. The van der Waals surface area contributed by atoms with Crippen molar-refractivity contribution >= 4 is 5.97 Å². The average molecular weight is 523 g/mol. The number of esters is 1. The molecule has 0 aliphatic rings. The summed E-state index contributed by atoms with van der Waals surface area (Å²) in [6.45, 7) is 9.81. The Morgan fingerprint density at radius 1 is 0.486 bits per heavy atom. The van der Waals surface area contributed by atoms with Crippen LogP contribution in [0.15, 0.2) is 0 Å². The average Bonchev–Trinajstić information content (AvgIpc) is 2.87. The van der Waals surface area contributed by atoms with Crippen molar-refractivity contribution in [2.45, 2.75) is 201 Å². The summed E-state index contributed by atoms with van der Waals surface area (Å²) in [5, 5.41) is 0. The van der Waals surface area contributed by atoms with Crippen LogP contribution in [0.3, 0.4) is 0 Å². The summed E-state index contributed by atoms with van der Waals surface area (Å²) in [6.07, 6.45) is 35.4. The molecule has 222 valence electrons. The van der Waals surface area contributed by atoms with Gasteiger partial charge in [-0.3, -0.25) is 4.79 Å². The van der Waals surface area contributed by atoms with Crippen molar-refractivity contribution in [1.82, 2.24) is 0 Å². The fourth-order valence-electron chi connectivity index (χ4n) is 5.50. The lowest BCUT2D eigenvalue weighted by Gasteiger charge is -2.16. The fraction of sp³-hybridized carbons (Fsp3) is 0.971. The molecule has 0 amide bonds. The molecule has 2 nitrogen and oxygen atoms in total. The van der Waals surface area contributed by atoms with Gasteiger partial charge in [-0.2, -0.15) is 0 Å². The third kappa shape index (κ3) is 29.9. The van der Waals surface area contributed by atoms with Crippen molar-refractivity contribution < 1.29 is 9.53 Å². The largest absolute Gasteiger partial charge is 0.466 e. The summed E-state index contributed by atoms with van der Waals surface area (Å²) in [4.78, 5) is 12.6. The van der Waals surface area contributed by atoms with Crippen molar-refractivity contribution in [3.05, 3.63) is 0 Å². The van der Waals surface area contributed by atoms with Crippen molar-refractivity contribution in [3.8, 4) is 0 Å². The molecule has 0 aromatic rings. The number of carbonyl (C=O) groups excluding carboxylic acids is 1. The second-order valence-corrected chi connectivity index (χ2v) is 12.5. The van der Waals surface area contributed by atoms with Crippen LogP contribution < -0.4 is 0 Å². The zero-order valence-corrected chi connectivity index (χ0v) is 26.3. The Balaban J connectivity index is 4.04. The van der Waals surface area contributed by atoms with E-state index in [9.17, 15) is 4.79 Å². The van der Waals surface area contributed by atoms with Crippen LogP contribution in [0.2, 0.25) is 0 Å². The summed E-state index contributed by atoms with van der Waals surface area (Å²) < 4.78 is 5.66. The van der Waals surface area contributed by atoms with Crippen molar-refractivity contribution in [2.24, 2.45) is 11.8 Å². The van der Waals surface area contributed by atoms with Gasteiger partial charge in [0.1, 0.15) is 0 Å². The Labute approximate surface area is 234 Å². The first kappa shape index (κ1) is 36.5.